The third-order valence-electron chi connectivity index (χ3n) is 4.32. The molecule has 1 saturated heterocycles. The lowest BCUT2D eigenvalue weighted by Gasteiger charge is -2.26. The van der Waals surface area contributed by atoms with Crippen LogP contribution < -0.4 is 5.32 Å². The predicted molar refractivity (Wildman–Crippen MR) is 84.4 cm³/mol. The van der Waals surface area contributed by atoms with Crippen LogP contribution >= 0.6 is 0 Å². The summed E-state index contributed by atoms with van der Waals surface area (Å²) in [5, 5.41) is 14.4. The van der Waals surface area contributed by atoms with Gasteiger partial charge in [-0.15, -0.1) is 0 Å². The van der Waals surface area contributed by atoms with Crippen LogP contribution in [-0.4, -0.2) is 35.5 Å². The van der Waals surface area contributed by atoms with Crippen LogP contribution in [0.3, 0.4) is 0 Å². The van der Waals surface area contributed by atoms with Gasteiger partial charge in [-0.25, -0.2) is 0 Å². The fourth-order valence-corrected chi connectivity index (χ4v) is 2.98. The number of likely N-dealkylation sites (tertiary alicyclic amines) is 1. The molecule has 21 heavy (non-hydrogen) atoms. The van der Waals surface area contributed by atoms with E-state index in [0.717, 1.165) is 18.5 Å². The molecular weight excluding hydrogens is 266 g/mol. The fraction of sp³-hybridized carbons (Fsp3) is 0.625. The molecule has 5 nitrogen and oxygen atoms in total. The lowest BCUT2D eigenvalue weighted by Crippen LogP contribution is -2.39. The lowest BCUT2D eigenvalue weighted by molar-refractivity contribution is -0.384. The first-order valence-electron chi connectivity index (χ1n) is 7.83. The van der Waals surface area contributed by atoms with Crippen LogP contribution in [-0.2, 0) is 0 Å². The SMILES string of the molecule is CCC(NCC(C)N1CCCC1)c1cccc([N+](=O)[O-])c1. The molecule has 0 saturated carbocycles. The summed E-state index contributed by atoms with van der Waals surface area (Å²) in [6.07, 6.45) is 3.52. The second kappa shape index (κ2) is 7.52. The monoisotopic (exact) mass is 291 g/mol. The first-order valence-corrected chi connectivity index (χ1v) is 7.83. The van der Waals surface area contributed by atoms with Gasteiger partial charge in [0.25, 0.3) is 5.69 Å². The van der Waals surface area contributed by atoms with Gasteiger partial charge in [-0.1, -0.05) is 19.1 Å². The molecule has 1 aliphatic rings. The van der Waals surface area contributed by atoms with Crippen molar-refractivity contribution in [2.45, 2.75) is 45.2 Å². The normalized spacial score (nSPS) is 18.6. The van der Waals surface area contributed by atoms with Crippen molar-refractivity contribution in [2.75, 3.05) is 19.6 Å². The number of hydrogen-bond donors (Lipinski definition) is 1. The zero-order valence-corrected chi connectivity index (χ0v) is 12.9. The highest BCUT2D eigenvalue weighted by molar-refractivity contribution is 5.35. The maximum Gasteiger partial charge on any atom is 0.269 e. The van der Waals surface area contributed by atoms with Crippen LogP contribution in [0, 0.1) is 10.1 Å². The average Bonchev–Trinajstić information content (AvgIpc) is 3.02. The van der Waals surface area contributed by atoms with Crippen molar-refractivity contribution in [1.29, 1.82) is 0 Å². The summed E-state index contributed by atoms with van der Waals surface area (Å²) < 4.78 is 0. The van der Waals surface area contributed by atoms with Gasteiger partial charge < -0.3 is 5.32 Å². The van der Waals surface area contributed by atoms with Gasteiger partial charge in [-0.3, -0.25) is 15.0 Å². The second-order valence-electron chi connectivity index (χ2n) is 5.81. The van der Waals surface area contributed by atoms with Gasteiger partial charge >= 0.3 is 0 Å². The van der Waals surface area contributed by atoms with Crippen LogP contribution in [0.5, 0.6) is 0 Å². The molecule has 1 heterocycles. The molecular formula is C16H25N3O2. The minimum Gasteiger partial charge on any atom is -0.308 e. The molecule has 1 N–H and O–H groups in total. The lowest BCUT2D eigenvalue weighted by atomic mass is 10.0. The van der Waals surface area contributed by atoms with E-state index in [1.165, 1.54) is 25.9 Å². The van der Waals surface area contributed by atoms with Gasteiger partial charge in [0.15, 0.2) is 0 Å². The van der Waals surface area contributed by atoms with E-state index in [1.807, 2.05) is 6.07 Å². The van der Waals surface area contributed by atoms with Crippen LogP contribution in [0.2, 0.25) is 0 Å². The van der Waals surface area contributed by atoms with Crippen molar-refractivity contribution in [3.05, 3.63) is 39.9 Å². The van der Waals surface area contributed by atoms with E-state index in [1.54, 1.807) is 18.2 Å². The first kappa shape index (κ1) is 15.9. The van der Waals surface area contributed by atoms with Gasteiger partial charge in [0.1, 0.15) is 0 Å². The highest BCUT2D eigenvalue weighted by atomic mass is 16.6. The van der Waals surface area contributed by atoms with Gasteiger partial charge in [-0.05, 0) is 44.8 Å². The number of nitrogens with zero attached hydrogens (tertiary/aromatic N) is 2. The van der Waals surface area contributed by atoms with Gasteiger partial charge in [0, 0.05) is 30.8 Å². The second-order valence-corrected chi connectivity index (χ2v) is 5.81. The third kappa shape index (κ3) is 4.25. The molecule has 2 atom stereocenters. The first-order chi connectivity index (χ1) is 10.1. The number of nitro benzene ring substituents is 1. The highest BCUT2D eigenvalue weighted by Gasteiger charge is 2.19. The summed E-state index contributed by atoms with van der Waals surface area (Å²) in [5.74, 6) is 0. The Morgan fingerprint density at radius 1 is 1.38 bits per heavy atom. The molecule has 0 bridgehead atoms. The Morgan fingerprint density at radius 3 is 2.71 bits per heavy atom. The minimum absolute atomic E-state index is 0.167. The standard InChI is InChI=1S/C16H25N3O2/c1-3-16(14-7-6-8-15(11-14)19(20)21)17-12-13(2)18-9-4-5-10-18/h6-8,11,13,16-17H,3-5,9-10,12H2,1-2H3. The smallest absolute Gasteiger partial charge is 0.269 e. The molecule has 0 radical (unpaired) electrons. The predicted octanol–water partition coefficient (Wildman–Crippen LogP) is 3.12. The number of nitro groups is 1. The van der Waals surface area contributed by atoms with E-state index < -0.39 is 0 Å². The summed E-state index contributed by atoms with van der Waals surface area (Å²) >= 11 is 0. The third-order valence-corrected chi connectivity index (χ3v) is 4.32. The van der Waals surface area contributed by atoms with E-state index in [9.17, 15) is 10.1 Å². The Bertz CT molecular complexity index is 472. The van der Waals surface area contributed by atoms with Crippen molar-refractivity contribution in [2.24, 2.45) is 0 Å². The molecule has 5 heteroatoms. The molecule has 0 aromatic heterocycles. The number of nitrogens with one attached hydrogen (secondary N) is 1. The highest BCUT2D eigenvalue weighted by Crippen LogP contribution is 2.22. The Balaban J connectivity index is 1.95. The number of non-ortho nitro benzene ring substituents is 1. The van der Waals surface area contributed by atoms with Gasteiger partial charge in [0.05, 0.1) is 4.92 Å². The van der Waals surface area contributed by atoms with Crippen molar-refractivity contribution in [1.82, 2.24) is 10.2 Å². The molecule has 1 fully saturated rings. The maximum atomic E-state index is 10.9. The van der Waals surface area contributed by atoms with Crippen molar-refractivity contribution >= 4 is 5.69 Å². The summed E-state index contributed by atoms with van der Waals surface area (Å²) in [4.78, 5) is 13.1. The molecule has 1 aromatic carbocycles. The zero-order chi connectivity index (χ0) is 15.2. The molecule has 1 aliphatic heterocycles. The number of hydrogen-bond acceptors (Lipinski definition) is 4. The Labute approximate surface area is 126 Å². The van der Waals surface area contributed by atoms with E-state index in [-0.39, 0.29) is 16.7 Å². The van der Waals surface area contributed by atoms with Crippen LogP contribution in [0.25, 0.3) is 0 Å². The Kier molecular flexibility index (Phi) is 5.70. The average molecular weight is 291 g/mol. The van der Waals surface area contributed by atoms with E-state index in [0.29, 0.717) is 6.04 Å². The van der Waals surface area contributed by atoms with Gasteiger partial charge in [-0.2, -0.15) is 0 Å². The largest absolute Gasteiger partial charge is 0.308 e. The van der Waals surface area contributed by atoms with Crippen molar-refractivity contribution in [3.63, 3.8) is 0 Å². The van der Waals surface area contributed by atoms with Crippen LogP contribution in [0.1, 0.15) is 44.7 Å². The van der Waals surface area contributed by atoms with E-state index in [4.69, 9.17) is 0 Å². The van der Waals surface area contributed by atoms with Crippen LogP contribution in [0.4, 0.5) is 5.69 Å². The minimum atomic E-state index is -0.330. The quantitative estimate of drug-likeness (QED) is 0.619. The van der Waals surface area contributed by atoms with Crippen LogP contribution in [0.15, 0.2) is 24.3 Å². The molecule has 0 amide bonds. The topological polar surface area (TPSA) is 58.4 Å². The van der Waals surface area contributed by atoms with E-state index in [2.05, 4.69) is 24.1 Å². The fourth-order valence-electron chi connectivity index (χ4n) is 2.98. The molecule has 2 unspecified atom stereocenters. The summed E-state index contributed by atoms with van der Waals surface area (Å²) in [5.41, 5.74) is 1.17. The zero-order valence-electron chi connectivity index (χ0n) is 12.9. The maximum absolute atomic E-state index is 10.9. The number of rotatable bonds is 7. The summed E-state index contributed by atoms with van der Waals surface area (Å²) in [6, 6.07) is 7.65. The Morgan fingerprint density at radius 2 is 2.10 bits per heavy atom. The van der Waals surface area contributed by atoms with E-state index >= 15 is 0 Å². The molecule has 0 spiro atoms. The summed E-state index contributed by atoms with van der Waals surface area (Å²) in [7, 11) is 0. The van der Waals surface area contributed by atoms with Crippen molar-refractivity contribution < 1.29 is 4.92 Å². The Hall–Kier alpha value is -1.46. The molecule has 116 valence electrons. The summed E-state index contributed by atoms with van der Waals surface area (Å²) in [6.45, 7) is 7.66. The molecule has 0 aliphatic carbocycles. The number of benzene rings is 1. The van der Waals surface area contributed by atoms with Gasteiger partial charge in [0.2, 0.25) is 0 Å². The molecule has 1 aromatic rings. The van der Waals surface area contributed by atoms with Crippen molar-refractivity contribution in [3.8, 4) is 0 Å². The molecule has 2 rings (SSSR count).